The summed E-state index contributed by atoms with van der Waals surface area (Å²) >= 11 is 0. The van der Waals surface area contributed by atoms with E-state index in [1.165, 1.54) is 0 Å². The van der Waals surface area contributed by atoms with E-state index in [0.29, 0.717) is 6.61 Å². The molecule has 0 aromatic carbocycles. The molecule has 0 radical (unpaired) electrons. The highest BCUT2D eigenvalue weighted by atomic mass is 28.2. The predicted octanol–water partition coefficient (Wildman–Crippen LogP) is 1.20. The standard InChI is InChI=1S/C9H16O4Si.CH4/c1-3-4-7-12-8(10)5-6-9(11)13-14-2;/h5-6H,3-4,7,14H2,1-2H3;1H4/b6-5+;. The van der Waals surface area contributed by atoms with Gasteiger partial charge in [-0.05, 0) is 13.0 Å². The third-order valence-corrected chi connectivity index (χ3v) is 1.96. The summed E-state index contributed by atoms with van der Waals surface area (Å²) in [7, 11) is -0.751. The van der Waals surface area contributed by atoms with Crippen LogP contribution in [0.4, 0.5) is 0 Å². The molecular weight excluding hydrogens is 212 g/mol. The number of esters is 1. The Kier molecular flexibility index (Phi) is 11.9. The molecule has 0 atom stereocenters. The van der Waals surface area contributed by atoms with Crippen molar-refractivity contribution in [2.24, 2.45) is 0 Å². The maximum Gasteiger partial charge on any atom is 0.331 e. The lowest BCUT2D eigenvalue weighted by Crippen LogP contribution is -2.05. The van der Waals surface area contributed by atoms with Crippen LogP contribution in [0.5, 0.6) is 0 Å². The van der Waals surface area contributed by atoms with Gasteiger partial charge in [-0.3, -0.25) is 0 Å². The van der Waals surface area contributed by atoms with Gasteiger partial charge < -0.3 is 9.16 Å². The number of rotatable bonds is 6. The molecule has 0 aromatic rings. The van der Waals surface area contributed by atoms with Crippen LogP contribution in [0.2, 0.25) is 6.55 Å². The molecule has 0 aliphatic heterocycles. The molecule has 0 aliphatic carbocycles. The number of unbranched alkanes of at least 4 members (excludes halogenated alkanes) is 1. The Labute approximate surface area is 93.6 Å². The maximum absolute atomic E-state index is 10.9. The van der Waals surface area contributed by atoms with E-state index in [-0.39, 0.29) is 7.43 Å². The highest BCUT2D eigenvalue weighted by Gasteiger charge is 1.98. The molecule has 4 nitrogen and oxygen atoms in total. The molecule has 0 fully saturated rings. The second-order valence-electron chi connectivity index (χ2n) is 2.61. The Morgan fingerprint density at radius 2 is 1.87 bits per heavy atom. The van der Waals surface area contributed by atoms with Crippen LogP contribution in [-0.4, -0.2) is 28.3 Å². The molecule has 0 spiro atoms. The van der Waals surface area contributed by atoms with Crippen molar-refractivity contribution in [2.75, 3.05) is 6.61 Å². The van der Waals surface area contributed by atoms with Crippen LogP contribution in [0.1, 0.15) is 27.2 Å². The third kappa shape index (κ3) is 10.8. The normalized spacial score (nSPS) is 10.3. The molecule has 0 saturated heterocycles. The number of ether oxygens (including phenoxy) is 1. The smallest absolute Gasteiger partial charge is 0.331 e. The molecule has 88 valence electrons. The van der Waals surface area contributed by atoms with Crippen LogP contribution < -0.4 is 0 Å². The molecule has 0 rings (SSSR count). The van der Waals surface area contributed by atoms with E-state index in [1.807, 2.05) is 13.5 Å². The van der Waals surface area contributed by atoms with Gasteiger partial charge in [0.15, 0.2) is 0 Å². The van der Waals surface area contributed by atoms with Gasteiger partial charge in [0.05, 0.1) is 6.61 Å². The van der Waals surface area contributed by atoms with Gasteiger partial charge in [-0.25, -0.2) is 9.59 Å². The van der Waals surface area contributed by atoms with Crippen molar-refractivity contribution in [3.8, 4) is 0 Å². The average molecular weight is 232 g/mol. The van der Waals surface area contributed by atoms with Gasteiger partial charge in [0, 0.05) is 12.2 Å². The van der Waals surface area contributed by atoms with Gasteiger partial charge in [-0.15, -0.1) is 0 Å². The Morgan fingerprint density at radius 3 is 2.40 bits per heavy atom. The van der Waals surface area contributed by atoms with Crippen LogP contribution in [0.15, 0.2) is 12.2 Å². The van der Waals surface area contributed by atoms with E-state index >= 15 is 0 Å². The largest absolute Gasteiger partial charge is 0.522 e. The molecule has 0 bridgehead atoms. The van der Waals surface area contributed by atoms with E-state index in [2.05, 4.69) is 0 Å². The molecular formula is C10H20O4Si. The van der Waals surface area contributed by atoms with Crippen molar-refractivity contribution in [1.82, 2.24) is 0 Å². The quantitative estimate of drug-likeness (QED) is 0.299. The van der Waals surface area contributed by atoms with E-state index in [4.69, 9.17) is 9.16 Å². The highest BCUT2D eigenvalue weighted by Crippen LogP contribution is 1.90. The summed E-state index contributed by atoms with van der Waals surface area (Å²) in [5, 5.41) is 0. The summed E-state index contributed by atoms with van der Waals surface area (Å²) in [6, 6.07) is 0. The minimum atomic E-state index is -0.751. The second-order valence-corrected chi connectivity index (χ2v) is 3.47. The molecule has 5 heteroatoms. The lowest BCUT2D eigenvalue weighted by molar-refractivity contribution is -0.138. The Balaban J connectivity index is 0. The lowest BCUT2D eigenvalue weighted by atomic mass is 10.4. The van der Waals surface area contributed by atoms with E-state index < -0.39 is 21.7 Å². The van der Waals surface area contributed by atoms with Gasteiger partial charge >= 0.3 is 11.9 Å². The van der Waals surface area contributed by atoms with Crippen molar-refractivity contribution < 1.29 is 18.8 Å². The third-order valence-electron chi connectivity index (χ3n) is 1.38. The zero-order valence-electron chi connectivity index (χ0n) is 8.62. The summed E-state index contributed by atoms with van der Waals surface area (Å²) < 4.78 is 9.51. The fourth-order valence-electron chi connectivity index (χ4n) is 0.692. The van der Waals surface area contributed by atoms with Crippen molar-refractivity contribution in [3.05, 3.63) is 12.2 Å². The van der Waals surface area contributed by atoms with Crippen LogP contribution in [0.25, 0.3) is 0 Å². The van der Waals surface area contributed by atoms with Gasteiger partial charge in [0.1, 0.15) is 0 Å². The first-order chi connectivity index (χ1) is 6.70. The average Bonchev–Trinajstić information content (AvgIpc) is 2.16. The first-order valence-corrected chi connectivity index (χ1v) is 6.71. The maximum atomic E-state index is 10.9. The molecule has 0 unspecified atom stereocenters. The summed E-state index contributed by atoms with van der Waals surface area (Å²) in [6.07, 6.45) is 4.01. The van der Waals surface area contributed by atoms with Gasteiger partial charge in [-0.1, -0.05) is 20.8 Å². The summed E-state index contributed by atoms with van der Waals surface area (Å²) in [5.74, 6) is -0.959. The molecule has 0 amide bonds. The first-order valence-electron chi connectivity index (χ1n) is 4.72. The molecule has 0 heterocycles. The van der Waals surface area contributed by atoms with Crippen LogP contribution in [0.3, 0.4) is 0 Å². The number of hydrogen-bond donors (Lipinski definition) is 0. The minimum Gasteiger partial charge on any atom is -0.522 e. The SMILES string of the molecule is C.CCCCOC(=O)/C=C/C(=O)O[SiH2]C. The summed E-state index contributed by atoms with van der Waals surface area (Å²) in [6.45, 7) is 4.25. The van der Waals surface area contributed by atoms with Gasteiger partial charge in [0.25, 0.3) is 0 Å². The van der Waals surface area contributed by atoms with E-state index in [0.717, 1.165) is 25.0 Å². The molecule has 15 heavy (non-hydrogen) atoms. The minimum absolute atomic E-state index is 0. The molecule has 0 saturated carbocycles. The molecule has 0 aliphatic rings. The number of carbonyl (C=O) groups is 2. The monoisotopic (exact) mass is 232 g/mol. The fraction of sp³-hybridized carbons (Fsp3) is 0.600. The Hall–Kier alpha value is -1.10. The van der Waals surface area contributed by atoms with Crippen molar-refractivity contribution in [1.29, 1.82) is 0 Å². The zero-order valence-corrected chi connectivity index (χ0v) is 10.0. The summed E-state index contributed by atoms with van der Waals surface area (Å²) in [4.78, 5) is 21.7. The first kappa shape index (κ1) is 16.3. The zero-order chi connectivity index (χ0) is 10.8. The van der Waals surface area contributed by atoms with Crippen molar-refractivity contribution >= 4 is 21.7 Å². The summed E-state index contributed by atoms with van der Waals surface area (Å²) in [5.41, 5.74) is 0. The predicted molar refractivity (Wildman–Crippen MR) is 62.2 cm³/mol. The fourth-order valence-corrected chi connectivity index (χ4v) is 1.07. The van der Waals surface area contributed by atoms with Gasteiger partial charge in [0.2, 0.25) is 9.76 Å². The van der Waals surface area contributed by atoms with Crippen molar-refractivity contribution in [2.45, 2.75) is 33.7 Å². The van der Waals surface area contributed by atoms with Crippen LogP contribution in [0, 0.1) is 0 Å². The Morgan fingerprint density at radius 1 is 1.27 bits per heavy atom. The topological polar surface area (TPSA) is 52.6 Å². The van der Waals surface area contributed by atoms with Crippen LogP contribution >= 0.6 is 0 Å². The van der Waals surface area contributed by atoms with E-state index in [1.54, 1.807) is 0 Å². The molecule has 0 aromatic heterocycles. The second kappa shape index (κ2) is 11.0. The highest BCUT2D eigenvalue weighted by molar-refractivity contribution is 6.29. The van der Waals surface area contributed by atoms with E-state index in [9.17, 15) is 9.59 Å². The number of carbonyl (C=O) groups excluding carboxylic acids is 2. The Bertz CT molecular complexity index is 213. The molecule has 0 N–H and O–H groups in total. The number of hydrogen-bond acceptors (Lipinski definition) is 4. The van der Waals surface area contributed by atoms with Crippen molar-refractivity contribution in [3.63, 3.8) is 0 Å². The lowest BCUT2D eigenvalue weighted by Gasteiger charge is -1.99. The van der Waals surface area contributed by atoms with Crippen LogP contribution in [-0.2, 0) is 18.8 Å². The van der Waals surface area contributed by atoms with Gasteiger partial charge in [-0.2, -0.15) is 0 Å².